The molecular formula is C31H44N4O5. The number of unbranched alkanes of at least 4 members (excludes halogenated alkanes) is 2. The van der Waals surface area contributed by atoms with Gasteiger partial charge >= 0.3 is 6.09 Å². The minimum Gasteiger partial charge on any atom is -0.444 e. The monoisotopic (exact) mass is 552 g/mol. The van der Waals surface area contributed by atoms with Gasteiger partial charge in [-0.3, -0.25) is 14.4 Å². The fourth-order valence-corrected chi connectivity index (χ4v) is 4.40. The van der Waals surface area contributed by atoms with Gasteiger partial charge in [0.05, 0.1) is 0 Å². The average molecular weight is 553 g/mol. The molecule has 4 N–H and O–H groups in total. The quantitative estimate of drug-likeness (QED) is 0.296. The van der Waals surface area contributed by atoms with Crippen LogP contribution in [0.4, 0.5) is 10.5 Å². The second kappa shape index (κ2) is 15.1. The van der Waals surface area contributed by atoms with Crippen LogP contribution in [0.25, 0.3) is 0 Å². The van der Waals surface area contributed by atoms with Crippen molar-refractivity contribution in [1.29, 1.82) is 0 Å². The number of benzene rings is 2. The van der Waals surface area contributed by atoms with E-state index < -0.39 is 35.6 Å². The summed E-state index contributed by atoms with van der Waals surface area (Å²) in [6, 6.07) is 12.7. The Balaban J connectivity index is 2.54. The molecule has 0 spiro atoms. The first-order valence-corrected chi connectivity index (χ1v) is 13.8. The van der Waals surface area contributed by atoms with E-state index in [4.69, 9.17) is 10.5 Å². The van der Waals surface area contributed by atoms with Gasteiger partial charge in [0.25, 0.3) is 5.91 Å². The summed E-state index contributed by atoms with van der Waals surface area (Å²) >= 11 is 0. The topological polar surface area (TPSA) is 131 Å². The molecule has 2 aromatic rings. The molecule has 0 radical (unpaired) electrons. The maximum Gasteiger partial charge on any atom is 0.408 e. The lowest BCUT2D eigenvalue weighted by molar-refractivity contribution is -0.141. The molecule has 0 saturated carbocycles. The Morgan fingerprint density at radius 3 is 2.12 bits per heavy atom. The van der Waals surface area contributed by atoms with Crippen molar-refractivity contribution >= 4 is 29.5 Å². The Morgan fingerprint density at radius 2 is 1.57 bits per heavy atom. The summed E-state index contributed by atoms with van der Waals surface area (Å²) in [5.74, 6) is -1.47. The highest BCUT2D eigenvalue weighted by molar-refractivity contribution is 6.00. The zero-order chi connectivity index (χ0) is 29.9. The predicted molar refractivity (Wildman–Crippen MR) is 157 cm³/mol. The first-order chi connectivity index (χ1) is 18.8. The Hall–Kier alpha value is -3.88. The smallest absolute Gasteiger partial charge is 0.408 e. The van der Waals surface area contributed by atoms with Crippen molar-refractivity contribution in [3.63, 3.8) is 0 Å². The number of ether oxygens (including phenoxy) is 1. The molecule has 218 valence electrons. The maximum atomic E-state index is 14.2. The molecule has 4 amide bonds. The Morgan fingerprint density at radius 1 is 0.950 bits per heavy atom. The van der Waals surface area contributed by atoms with E-state index in [2.05, 4.69) is 10.6 Å². The third-order valence-electron chi connectivity index (χ3n) is 6.36. The van der Waals surface area contributed by atoms with E-state index in [0.717, 1.165) is 24.0 Å². The second-order valence-corrected chi connectivity index (χ2v) is 11.0. The van der Waals surface area contributed by atoms with Gasteiger partial charge in [0.15, 0.2) is 0 Å². The molecule has 2 aromatic carbocycles. The molecule has 0 aliphatic rings. The number of primary amides is 1. The molecule has 2 atom stereocenters. The van der Waals surface area contributed by atoms with Crippen LogP contribution in [0.1, 0.15) is 82.5 Å². The van der Waals surface area contributed by atoms with E-state index in [1.165, 1.54) is 4.90 Å². The van der Waals surface area contributed by atoms with Crippen molar-refractivity contribution in [2.75, 3.05) is 11.9 Å². The van der Waals surface area contributed by atoms with E-state index in [-0.39, 0.29) is 25.3 Å². The van der Waals surface area contributed by atoms with Crippen molar-refractivity contribution in [2.45, 2.75) is 91.3 Å². The van der Waals surface area contributed by atoms with Crippen molar-refractivity contribution in [3.8, 4) is 0 Å². The normalized spacial score (nSPS) is 12.7. The van der Waals surface area contributed by atoms with Crippen LogP contribution in [0.2, 0.25) is 0 Å². The number of nitrogens with two attached hydrogens (primary N) is 1. The highest BCUT2D eigenvalue weighted by atomic mass is 16.6. The van der Waals surface area contributed by atoms with Crippen LogP contribution in [-0.4, -0.2) is 46.9 Å². The molecule has 0 heterocycles. The van der Waals surface area contributed by atoms with Gasteiger partial charge in [0, 0.05) is 18.7 Å². The molecule has 0 aliphatic heterocycles. The lowest BCUT2D eigenvalue weighted by Gasteiger charge is -2.35. The summed E-state index contributed by atoms with van der Waals surface area (Å²) in [6.07, 6.45) is 1.46. The average Bonchev–Trinajstić information content (AvgIpc) is 2.87. The number of carbonyl (C=O) groups is 4. The van der Waals surface area contributed by atoms with Crippen molar-refractivity contribution in [2.24, 2.45) is 5.73 Å². The molecule has 9 heteroatoms. The molecule has 0 aliphatic carbocycles. The number of para-hydroxylation sites is 1. The summed E-state index contributed by atoms with van der Waals surface area (Å²) in [7, 11) is 0. The molecule has 0 aromatic heterocycles. The molecule has 0 saturated heterocycles. The number of hydrogen-bond donors (Lipinski definition) is 3. The first-order valence-electron chi connectivity index (χ1n) is 13.8. The van der Waals surface area contributed by atoms with Gasteiger partial charge in [-0.25, -0.2) is 4.79 Å². The molecule has 0 bridgehead atoms. The van der Waals surface area contributed by atoms with Gasteiger partial charge in [-0.05, 0) is 64.2 Å². The van der Waals surface area contributed by atoms with Crippen molar-refractivity contribution in [3.05, 3.63) is 65.2 Å². The lowest BCUT2D eigenvalue weighted by atomic mass is 10.00. The SMILES string of the molecule is CCCCCN(C(=O)C(CCC(N)=O)NC(=O)OC(C)(C)C)C(C(=O)Nc1c(C)cccc1C)c1ccccc1. The molecule has 2 unspecified atom stereocenters. The van der Waals surface area contributed by atoms with Gasteiger partial charge < -0.3 is 26.0 Å². The molecule has 40 heavy (non-hydrogen) atoms. The summed E-state index contributed by atoms with van der Waals surface area (Å²) in [5, 5.41) is 5.67. The number of nitrogens with zero attached hydrogens (tertiary/aromatic N) is 1. The number of aryl methyl sites for hydroxylation is 2. The van der Waals surface area contributed by atoms with Gasteiger partial charge in [-0.1, -0.05) is 68.3 Å². The van der Waals surface area contributed by atoms with Crippen molar-refractivity contribution in [1.82, 2.24) is 10.2 Å². The summed E-state index contributed by atoms with van der Waals surface area (Å²) < 4.78 is 5.39. The summed E-state index contributed by atoms with van der Waals surface area (Å²) in [4.78, 5) is 54.0. The number of anilines is 1. The van der Waals surface area contributed by atoms with Gasteiger partial charge in [0.2, 0.25) is 11.8 Å². The molecular weight excluding hydrogens is 508 g/mol. The fraction of sp³-hybridized carbons (Fsp3) is 0.484. The van der Waals surface area contributed by atoms with Crippen LogP contribution in [0, 0.1) is 13.8 Å². The lowest BCUT2D eigenvalue weighted by Crippen LogP contribution is -2.52. The second-order valence-electron chi connectivity index (χ2n) is 11.0. The maximum absolute atomic E-state index is 14.2. The van der Waals surface area contributed by atoms with E-state index in [0.29, 0.717) is 17.7 Å². The van der Waals surface area contributed by atoms with Crippen LogP contribution in [0.3, 0.4) is 0 Å². The molecule has 9 nitrogen and oxygen atoms in total. The Bertz CT molecular complexity index is 1140. The number of nitrogens with one attached hydrogen (secondary N) is 2. The van der Waals surface area contributed by atoms with E-state index in [1.54, 1.807) is 32.9 Å². The Kier molecular flexibility index (Phi) is 12.2. The first kappa shape index (κ1) is 32.3. The van der Waals surface area contributed by atoms with E-state index in [1.807, 2.05) is 57.2 Å². The number of hydrogen-bond acceptors (Lipinski definition) is 5. The van der Waals surface area contributed by atoms with Gasteiger partial charge in [-0.2, -0.15) is 0 Å². The highest BCUT2D eigenvalue weighted by Crippen LogP contribution is 2.27. The number of amides is 4. The fourth-order valence-electron chi connectivity index (χ4n) is 4.40. The van der Waals surface area contributed by atoms with E-state index in [9.17, 15) is 19.2 Å². The molecule has 2 rings (SSSR count). The number of rotatable bonds is 13. The predicted octanol–water partition coefficient (Wildman–Crippen LogP) is 5.16. The zero-order valence-electron chi connectivity index (χ0n) is 24.6. The minimum atomic E-state index is -1.12. The third kappa shape index (κ3) is 10.0. The van der Waals surface area contributed by atoms with Crippen molar-refractivity contribution < 1.29 is 23.9 Å². The van der Waals surface area contributed by atoms with Crippen LogP contribution in [-0.2, 0) is 19.1 Å². The zero-order valence-corrected chi connectivity index (χ0v) is 24.6. The van der Waals surface area contributed by atoms with Crippen LogP contribution >= 0.6 is 0 Å². The number of alkyl carbamates (subject to hydrolysis) is 1. The standard InChI is InChI=1S/C31H44N4O5/c1-7-8-12-20-35(29(38)24(18-19-25(32)36)33-30(39)40-31(4,5)6)27(23-16-10-9-11-17-23)28(37)34-26-21(2)14-13-15-22(26)3/h9-11,13-17,24,27H,7-8,12,18-20H2,1-6H3,(H2,32,36)(H,33,39)(H,34,37). The van der Waals surface area contributed by atoms with Crippen LogP contribution < -0.4 is 16.4 Å². The van der Waals surface area contributed by atoms with Crippen LogP contribution in [0.15, 0.2) is 48.5 Å². The minimum absolute atomic E-state index is 0.0300. The van der Waals surface area contributed by atoms with Crippen LogP contribution in [0.5, 0.6) is 0 Å². The van der Waals surface area contributed by atoms with Gasteiger partial charge in [-0.15, -0.1) is 0 Å². The summed E-state index contributed by atoms with van der Waals surface area (Å²) in [6.45, 7) is 11.3. The summed E-state index contributed by atoms with van der Waals surface area (Å²) in [5.41, 5.74) is 7.71. The Labute approximate surface area is 237 Å². The van der Waals surface area contributed by atoms with Gasteiger partial charge in [0.1, 0.15) is 17.7 Å². The number of carbonyl (C=O) groups excluding carboxylic acids is 4. The van der Waals surface area contributed by atoms with E-state index >= 15 is 0 Å². The molecule has 0 fully saturated rings. The third-order valence-corrected chi connectivity index (χ3v) is 6.36. The largest absolute Gasteiger partial charge is 0.444 e. The highest BCUT2D eigenvalue weighted by Gasteiger charge is 2.36.